The molecular weight excluding hydrogens is 625 g/mol. The Labute approximate surface area is 255 Å². The zero-order valence-electron chi connectivity index (χ0n) is 24.6. The number of hydrogen-bond acceptors (Lipinski definition) is 10. The zero-order chi connectivity index (χ0) is 33.7. The highest BCUT2D eigenvalue weighted by Crippen LogP contribution is 2.38. The van der Waals surface area contributed by atoms with Crippen molar-refractivity contribution in [1.82, 2.24) is 25.3 Å². The molecule has 2 heterocycles. The summed E-state index contributed by atoms with van der Waals surface area (Å²) >= 11 is 0. The fourth-order valence-corrected chi connectivity index (χ4v) is 4.18. The van der Waals surface area contributed by atoms with Gasteiger partial charge in [0.2, 0.25) is 16.0 Å². The van der Waals surface area contributed by atoms with Gasteiger partial charge in [0, 0.05) is 31.2 Å². The summed E-state index contributed by atoms with van der Waals surface area (Å²) in [6.45, 7) is 4.85. The molecule has 3 N–H and O–H groups in total. The van der Waals surface area contributed by atoms with Crippen LogP contribution in [0.1, 0.15) is 49.3 Å². The normalized spacial score (nSPS) is 11.8. The summed E-state index contributed by atoms with van der Waals surface area (Å²) in [4.78, 5) is 53.9. The van der Waals surface area contributed by atoms with Crippen LogP contribution in [0.3, 0.4) is 0 Å². The molecule has 0 aliphatic carbocycles. The van der Waals surface area contributed by atoms with E-state index >= 15 is 0 Å². The van der Waals surface area contributed by atoms with Gasteiger partial charge in [0.15, 0.2) is 11.6 Å². The Bertz CT molecular complexity index is 1680. The molecule has 0 bridgehead atoms. The number of halogens is 3. The maximum atomic E-state index is 14.3. The molecule has 0 aliphatic heterocycles. The van der Waals surface area contributed by atoms with E-state index in [0.717, 1.165) is 12.4 Å². The summed E-state index contributed by atoms with van der Waals surface area (Å²) in [5, 5.41) is 12.4. The third kappa shape index (κ3) is 8.74. The summed E-state index contributed by atoms with van der Waals surface area (Å²) in [6.07, 6.45) is -5.68. The Balaban J connectivity index is 2.25. The van der Waals surface area contributed by atoms with Gasteiger partial charge in [0.25, 0.3) is 5.91 Å². The summed E-state index contributed by atoms with van der Waals surface area (Å²) in [6, 6.07) is 4.96. The van der Waals surface area contributed by atoms with Crippen molar-refractivity contribution in [3.63, 3.8) is 0 Å². The number of carbonyl (C=O) groups excluding carboxylic acids is 2. The van der Waals surface area contributed by atoms with Crippen molar-refractivity contribution in [3.05, 3.63) is 59.7 Å². The Morgan fingerprint density at radius 3 is 2.18 bits per heavy atom. The predicted molar refractivity (Wildman–Crippen MR) is 155 cm³/mol. The Morgan fingerprint density at radius 1 is 1.02 bits per heavy atom. The molecule has 0 saturated heterocycles. The molecule has 45 heavy (non-hydrogen) atoms. The summed E-state index contributed by atoms with van der Waals surface area (Å²) in [5.74, 6) is -3.14. The lowest BCUT2D eigenvalue weighted by Crippen LogP contribution is -2.39. The predicted octanol–water partition coefficient (Wildman–Crippen LogP) is 4.16. The fourth-order valence-electron chi connectivity index (χ4n) is 3.57. The Kier molecular flexibility index (Phi) is 10.2. The number of hydrogen-bond donors (Lipinski definition) is 3. The van der Waals surface area contributed by atoms with Crippen LogP contribution in [0, 0.1) is 0 Å². The van der Waals surface area contributed by atoms with Crippen molar-refractivity contribution in [2.24, 2.45) is 0 Å². The molecule has 3 aromatic rings. The van der Waals surface area contributed by atoms with Crippen LogP contribution in [-0.2, 0) is 27.5 Å². The molecule has 3 amide bonds. The van der Waals surface area contributed by atoms with Crippen LogP contribution in [0.4, 0.5) is 46.0 Å². The number of aromatic nitrogens is 4. The van der Waals surface area contributed by atoms with Gasteiger partial charge in [-0.25, -0.2) is 32.9 Å². The standard InChI is InChI=1S/C26H29F3N8O7S/c1-6-45(42,43)35-19-18(31-11-12-32-19)14-36(24(41)44-25(2,3)4)20-17(26(27,28)29)13-33-22(34-20)37(23(39)40)16-9-7-15(8-10-16)21(38)30-5/h7-13H,6,14H2,1-5H3,(H,30,38)(H,32,35)(H,39,40). The molecule has 1 aromatic carbocycles. The molecular formula is C26H29F3N8O7S. The first-order valence-corrected chi connectivity index (χ1v) is 14.6. The van der Waals surface area contributed by atoms with Crippen molar-refractivity contribution in [3.8, 4) is 0 Å². The molecule has 3 rings (SSSR count). The van der Waals surface area contributed by atoms with Gasteiger partial charge in [-0.2, -0.15) is 18.2 Å². The van der Waals surface area contributed by atoms with Gasteiger partial charge in [0.1, 0.15) is 16.9 Å². The lowest BCUT2D eigenvalue weighted by molar-refractivity contribution is -0.137. The minimum absolute atomic E-state index is 0.144. The number of ether oxygens (including phenoxy) is 1. The minimum Gasteiger partial charge on any atom is -0.464 e. The van der Waals surface area contributed by atoms with Crippen LogP contribution in [0.2, 0.25) is 0 Å². The van der Waals surface area contributed by atoms with Gasteiger partial charge >= 0.3 is 18.4 Å². The SMILES string of the molecule is CCS(=O)(=O)Nc1nccnc1CN(C(=O)OC(C)(C)C)c1nc(N(C(=O)O)c2ccc(C(=O)NC)cc2)ncc1C(F)(F)F. The molecule has 0 fully saturated rings. The van der Waals surface area contributed by atoms with Crippen molar-refractivity contribution in [1.29, 1.82) is 0 Å². The fraction of sp³-hybridized carbons (Fsp3) is 0.346. The van der Waals surface area contributed by atoms with Crippen molar-refractivity contribution in [2.45, 2.75) is 46.0 Å². The number of nitrogens with one attached hydrogen (secondary N) is 2. The quantitative estimate of drug-likeness (QED) is 0.299. The minimum atomic E-state index is -5.16. The van der Waals surface area contributed by atoms with Gasteiger partial charge in [-0.1, -0.05) is 0 Å². The molecule has 0 aliphatic rings. The van der Waals surface area contributed by atoms with Crippen molar-refractivity contribution in [2.75, 3.05) is 27.3 Å². The summed E-state index contributed by atoms with van der Waals surface area (Å²) in [5.41, 5.74) is -3.03. The van der Waals surface area contributed by atoms with E-state index in [-0.39, 0.29) is 28.5 Å². The first kappa shape index (κ1) is 34.4. The average molecular weight is 655 g/mol. The Hall–Kier alpha value is -5.07. The van der Waals surface area contributed by atoms with Crippen molar-refractivity contribution < 1.29 is 45.8 Å². The molecule has 15 nitrogen and oxygen atoms in total. The smallest absolute Gasteiger partial charge is 0.421 e. The van der Waals surface area contributed by atoms with E-state index in [9.17, 15) is 41.1 Å². The lowest BCUT2D eigenvalue weighted by atomic mass is 10.2. The number of nitrogens with zero attached hydrogens (tertiary/aromatic N) is 6. The number of sulfonamides is 1. The number of carboxylic acid groups (broad SMARTS) is 1. The monoisotopic (exact) mass is 654 g/mol. The molecule has 0 spiro atoms. The second-order valence-corrected chi connectivity index (χ2v) is 12.1. The molecule has 0 unspecified atom stereocenters. The largest absolute Gasteiger partial charge is 0.464 e. The van der Waals surface area contributed by atoms with Gasteiger partial charge in [-0.05, 0) is 52.0 Å². The highest BCUT2D eigenvalue weighted by molar-refractivity contribution is 7.92. The van der Waals surface area contributed by atoms with Crippen LogP contribution >= 0.6 is 0 Å². The highest BCUT2D eigenvalue weighted by atomic mass is 32.2. The van der Waals surface area contributed by atoms with E-state index in [1.807, 2.05) is 0 Å². The van der Waals surface area contributed by atoms with E-state index in [1.165, 1.54) is 59.0 Å². The van der Waals surface area contributed by atoms with Gasteiger partial charge in [-0.3, -0.25) is 19.4 Å². The Morgan fingerprint density at radius 2 is 1.64 bits per heavy atom. The maximum Gasteiger partial charge on any atom is 0.421 e. The van der Waals surface area contributed by atoms with Crippen molar-refractivity contribution >= 4 is 51.4 Å². The van der Waals surface area contributed by atoms with Gasteiger partial charge in [-0.15, -0.1) is 0 Å². The third-order valence-electron chi connectivity index (χ3n) is 5.65. The average Bonchev–Trinajstić information content (AvgIpc) is 2.95. The second kappa shape index (κ2) is 13.3. The van der Waals surface area contributed by atoms with E-state index in [0.29, 0.717) is 16.0 Å². The second-order valence-electron chi connectivity index (χ2n) is 10.1. The lowest BCUT2D eigenvalue weighted by Gasteiger charge is -2.29. The van der Waals surface area contributed by atoms with Crippen LogP contribution in [0.15, 0.2) is 42.9 Å². The summed E-state index contributed by atoms with van der Waals surface area (Å²) < 4.78 is 74.9. The number of anilines is 4. The van der Waals surface area contributed by atoms with E-state index in [4.69, 9.17) is 4.74 Å². The molecule has 0 atom stereocenters. The topological polar surface area (TPSA) is 197 Å². The van der Waals surface area contributed by atoms with Gasteiger partial charge < -0.3 is 15.2 Å². The van der Waals surface area contributed by atoms with E-state index in [1.54, 1.807) is 0 Å². The maximum absolute atomic E-state index is 14.3. The number of rotatable bonds is 9. The molecule has 0 radical (unpaired) electrons. The molecule has 2 aromatic heterocycles. The first-order chi connectivity index (χ1) is 20.9. The number of amides is 3. The van der Waals surface area contributed by atoms with Crippen LogP contribution in [0.5, 0.6) is 0 Å². The summed E-state index contributed by atoms with van der Waals surface area (Å²) in [7, 11) is -2.55. The van der Waals surface area contributed by atoms with Crippen LogP contribution in [-0.4, -0.2) is 70.0 Å². The van der Waals surface area contributed by atoms with E-state index < -0.39 is 63.8 Å². The van der Waals surface area contributed by atoms with Crippen LogP contribution in [0.25, 0.3) is 0 Å². The molecule has 19 heteroatoms. The third-order valence-corrected chi connectivity index (χ3v) is 6.92. The van der Waals surface area contributed by atoms with Gasteiger partial charge in [0.05, 0.1) is 18.0 Å². The molecule has 0 saturated carbocycles. The van der Waals surface area contributed by atoms with Crippen LogP contribution < -0.4 is 19.8 Å². The molecule has 242 valence electrons. The number of carbonyl (C=O) groups is 3. The van der Waals surface area contributed by atoms with E-state index in [2.05, 4.69) is 30.0 Å². The number of benzene rings is 1. The first-order valence-electron chi connectivity index (χ1n) is 13.0. The zero-order valence-corrected chi connectivity index (χ0v) is 25.4. The number of alkyl halides is 3. The highest BCUT2D eigenvalue weighted by Gasteiger charge is 2.40.